The second kappa shape index (κ2) is 35.4. The van der Waals surface area contributed by atoms with Crippen LogP contribution >= 0.6 is 0 Å². The van der Waals surface area contributed by atoms with Crippen LogP contribution in [0.25, 0.3) is 0 Å². The number of aliphatic carboxylic acids is 1. The molecule has 7 heteroatoms. The van der Waals surface area contributed by atoms with Crippen LogP contribution in [-0.4, -0.2) is 41.6 Å². The maximum Gasteiger partial charge on any atom is 0.326 e. The van der Waals surface area contributed by atoms with E-state index in [9.17, 15) is 19.5 Å². The summed E-state index contributed by atoms with van der Waals surface area (Å²) in [7, 11) is 0. The van der Waals surface area contributed by atoms with Gasteiger partial charge in [0, 0.05) is 12.8 Å². The molecule has 2 atom stereocenters. The Morgan fingerprint density at radius 1 is 0.646 bits per heavy atom. The third kappa shape index (κ3) is 31.7. The predicted octanol–water partition coefficient (Wildman–Crippen LogP) is 10.2. The van der Waals surface area contributed by atoms with Crippen molar-refractivity contribution in [3.63, 3.8) is 0 Å². The number of rotatable bonds is 33. The normalized spacial score (nSPS) is 13.4. The van der Waals surface area contributed by atoms with Crippen molar-refractivity contribution < 1.29 is 24.2 Å². The maximum absolute atomic E-state index is 12.6. The molecule has 0 aromatic carbocycles. The number of amides is 1. The fourth-order valence-electron chi connectivity index (χ4n) is 5.17. The molecule has 48 heavy (non-hydrogen) atoms. The summed E-state index contributed by atoms with van der Waals surface area (Å²) < 4.78 is 5.88. The molecule has 0 aliphatic carbocycles. The van der Waals surface area contributed by atoms with Gasteiger partial charge in [-0.1, -0.05) is 113 Å². The Morgan fingerprint density at radius 2 is 1.21 bits per heavy atom. The summed E-state index contributed by atoms with van der Waals surface area (Å²) in [5.41, 5.74) is 5.47. The molecule has 0 fully saturated rings. The van der Waals surface area contributed by atoms with Gasteiger partial charge in [0.2, 0.25) is 5.91 Å². The SMILES string of the molecule is CC/C=C\C/C=C\C/C=C\C/C=C\CCCCC(=O)OC(/C=C\CCCCCCCC)CCCCCCC(=O)NC(CCCN)C(=O)O. The van der Waals surface area contributed by atoms with Gasteiger partial charge in [0.05, 0.1) is 0 Å². The Hall–Kier alpha value is -2.93. The number of ether oxygens (including phenoxy) is 1. The number of hydrogen-bond acceptors (Lipinski definition) is 5. The van der Waals surface area contributed by atoms with Gasteiger partial charge in [-0.2, -0.15) is 0 Å². The molecule has 274 valence electrons. The molecule has 0 radical (unpaired) electrons. The van der Waals surface area contributed by atoms with Crippen LogP contribution < -0.4 is 11.1 Å². The van der Waals surface area contributed by atoms with Gasteiger partial charge in [0.25, 0.3) is 0 Å². The number of unbranched alkanes of at least 4 members (excludes halogenated alkanes) is 11. The summed E-state index contributed by atoms with van der Waals surface area (Å²) in [5.74, 6) is -1.38. The molecule has 0 spiro atoms. The number of hydrogen-bond donors (Lipinski definition) is 3. The zero-order valence-electron chi connectivity index (χ0n) is 30.6. The first kappa shape index (κ1) is 45.1. The topological polar surface area (TPSA) is 119 Å². The molecule has 0 bridgehead atoms. The predicted molar refractivity (Wildman–Crippen MR) is 202 cm³/mol. The zero-order chi connectivity index (χ0) is 35.3. The third-order valence-corrected chi connectivity index (χ3v) is 8.05. The Bertz CT molecular complexity index is 937. The van der Waals surface area contributed by atoms with Crippen molar-refractivity contribution in [3.05, 3.63) is 60.8 Å². The molecule has 7 nitrogen and oxygen atoms in total. The first-order valence-electron chi connectivity index (χ1n) is 19.1. The van der Waals surface area contributed by atoms with Crippen LogP contribution in [0.3, 0.4) is 0 Å². The van der Waals surface area contributed by atoms with Gasteiger partial charge < -0.3 is 20.9 Å². The highest BCUT2D eigenvalue weighted by atomic mass is 16.5. The molecule has 0 aliphatic rings. The van der Waals surface area contributed by atoms with Crippen molar-refractivity contribution in [2.75, 3.05) is 6.54 Å². The molecule has 2 unspecified atom stereocenters. The first-order valence-corrected chi connectivity index (χ1v) is 19.1. The number of carboxylic acid groups (broad SMARTS) is 1. The number of carbonyl (C=O) groups excluding carboxylic acids is 2. The molecule has 0 aliphatic heterocycles. The standard InChI is InChI=1S/C41H70N2O5/c1-3-5-7-9-11-13-14-15-16-17-18-19-21-23-29-35-40(45)48-37(31-26-22-20-12-10-8-6-4-2)32-27-24-25-28-34-39(44)43-38(41(46)47)33-30-36-42/h5,7,11,13,15-16,18-19,26,31,37-38H,3-4,6,8-10,12,14,17,20-25,27-30,32-36,42H2,1-2H3,(H,43,44)(H,46,47)/b7-5-,13-11-,16-15-,19-18-,31-26-. The summed E-state index contributed by atoms with van der Waals surface area (Å²) in [6.45, 7) is 4.78. The van der Waals surface area contributed by atoms with E-state index in [4.69, 9.17) is 10.5 Å². The smallest absolute Gasteiger partial charge is 0.326 e. The van der Waals surface area contributed by atoms with Crippen molar-refractivity contribution >= 4 is 17.8 Å². The molecule has 0 aromatic rings. The highest BCUT2D eigenvalue weighted by Gasteiger charge is 2.19. The number of esters is 1. The van der Waals surface area contributed by atoms with Crippen LogP contribution in [0.1, 0.15) is 162 Å². The van der Waals surface area contributed by atoms with Gasteiger partial charge in [-0.05, 0) is 103 Å². The van der Waals surface area contributed by atoms with E-state index in [0.717, 1.165) is 83.5 Å². The van der Waals surface area contributed by atoms with E-state index >= 15 is 0 Å². The summed E-state index contributed by atoms with van der Waals surface area (Å²) in [4.78, 5) is 36.2. The fraction of sp³-hybridized carbons (Fsp3) is 0.683. The highest BCUT2D eigenvalue weighted by molar-refractivity contribution is 5.83. The van der Waals surface area contributed by atoms with Crippen LogP contribution in [0, 0.1) is 0 Å². The van der Waals surface area contributed by atoms with Gasteiger partial charge in [-0.15, -0.1) is 0 Å². The van der Waals surface area contributed by atoms with Crippen LogP contribution in [0.5, 0.6) is 0 Å². The van der Waals surface area contributed by atoms with E-state index in [1.54, 1.807) is 0 Å². The van der Waals surface area contributed by atoms with Crippen molar-refractivity contribution in [2.24, 2.45) is 5.73 Å². The maximum atomic E-state index is 12.6. The lowest BCUT2D eigenvalue weighted by Crippen LogP contribution is -2.40. The molecule has 1 amide bonds. The van der Waals surface area contributed by atoms with E-state index < -0.39 is 12.0 Å². The lowest BCUT2D eigenvalue weighted by molar-refractivity contribution is -0.147. The zero-order valence-corrected chi connectivity index (χ0v) is 30.6. The Balaban J connectivity index is 4.42. The minimum Gasteiger partial charge on any atom is -0.480 e. The molecule has 0 heterocycles. The van der Waals surface area contributed by atoms with E-state index in [-0.39, 0.29) is 18.0 Å². The molecule has 0 saturated heterocycles. The van der Waals surface area contributed by atoms with Crippen molar-refractivity contribution in [1.29, 1.82) is 0 Å². The lowest BCUT2D eigenvalue weighted by Gasteiger charge is -2.15. The van der Waals surface area contributed by atoms with Crippen LogP contribution in [0.4, 0.5) is 0 Å². The molecule has 4 N–H and O–H groups in total. The Kier molecular flexibility index (Phi) is 33.2. The van der Waals surface area contributed by atoms with E-state index in [1.165, 1.54) is 32.1 Å². The van der Waals surface area contributed by atoms with Crippen LogP contribution in [-0.2, 0) is 19.1 Å². The van der Waals surface area contributed by atoms with E-state index in [1.807, 2.05) is 0 Å². The minimum absolute atomic E-state index is 0.131. The first-order chi connectivity index (χ1) is 23.4. The Morgan fingerprint density at radius 3 is 1.88 bits per heavy atom. The fourth-order valence-corrected chi connectivity index (χ4v) is 5.17. The molecule has 0 saturated carbocycles. The van der Waals surface area contributed by atoms with Crippen LogP contribution in [0.15, 0.2) is 60.8 Å². The van der Waals surface area contributed by atoms with Gasteiger partial charge >= 0.3 is 11.9 Å². The van der Waals surface area contributed by atoms with Crippen molar-refractivity contribution in [3.8, 4) is 0 Å². The second-order valence-electron chi connectivity index (χ2n) is 12.6. The average Bonchev–Trinajstić information content (AvgIpc) is 3.07. The third-order valence-electron chi connectivity index (χ3n) is 8.05. The quantitative estimate of drug-likeness (QED) is 0.0363. The summed E-state index contributed by atoms with van der Waals surface area (Å²) in [6, 6.07) is -0.876. The largest absolute Gasteiger partial charge is 0.480 e. The number of nitrogens with one attached hydrogen (secondary N) is 1. The number of carboxylic acids is 1. The molecule has 0 rings (SSSR count). The second-order valence-corrected chi connectivity index (χ2v) is 12.6. The summed E-state index contributed by atoms with van der Waals surface area (Å²) in [6.07, 6.45) is 42.7. The van der Waals surface area contributed by atoms with Crippen LogP contribution in [0.2, 0.25) is 0 Å². The number of nitrogens with two attached hydrogens (primary N) is 1. The average molecular weight is 671 g/mol. The molecule has 0 aromatic heterocycles. The molecular weight excluding hydrogens is 600 g/mol. The Labute approximate surface area is 293 Å². The van der Waals surface area contributed by atoms with Crippen molar-refractivity contribution in [1.82, 2.24) is 5.32 Å². The van der Waals surface area contributed by atoms with Gasteiger partial charge in [0.15, 0.2) is 0 Å². The van der Waals surface area contributed by atoms with Crippen molar-refractivity contribution in [2.45, 2.75) is 174 Å². The van der Waals surface area contributed by atoms with Gasteiger partial charge in [-0.25, -0.2) is 4.79 Å². The number of allylic oxidation sites excluding steroid dienone is 9. The van der Waals surface area contributed by atoms with E-state index in [2.05, 4.69) is 79.9 Å². The number of carbonyl (C=O) groups is 3. The monoisotopic (exact) mass is 671 g/mol. The van der Waals surface area contributed by atoms with Gasteiger partial charge in [0.1, 0.15) is 12.1 Å². The highest BCUT2D eigenvalue weighted by Crippen LogP contribution is 2.15. The van der Waals surface area contributed by atoms with E-state index in [0.29, 0.717) is 38.6 Å². The lowest BCUT2D eigenvalue weighted by atomic mass is 10.1. The van der Waals surface area contributed by atoms with Gasteiger partial charge in [-0.3, -0.25) is 9.59 Å². The summed E-state index contributed by atoms with van der Waals surface area (Å²) in [5, 5.41) is 11.9. The minimum atomic E-state index is -1.02. The summed E-state index contributed by atoms with van der Waals surface area (Å²) >= 11 is 0. The molecular formula is C41H70N2O5.